The molecule has 1 aromatic carbocycles. The van der Waals surface area contributed by atoms with Crippen LogP contribution in [-0.2, 0) is 16.4 Å². The molecule has 6 nitrogen and oxygen atoms in total. The lowest BCUT2D eigenvalue weighted by atomic mass is 10.0. The number of rotatable bonds is 4. The highest BCUT2D eigenvalue weighted by Gasteiger charge is 2.31. The first kappa shape index (κ1) is 16.7. The summed E-state index contributed by atoms with van der Waals surface area (Å²) in [5.74, 6) is 0.224. The molecule has 128 valence electrons. The molecule has 1 aromatic heterocycles. The number of carbonyl (C=O) groups excluding carboxylic acids is 1. The fourth-order valence-corrected chi connectivity index (χ4v) is 3.86. The molecule has 1 aliphatic carbocycles. The summed E-state index contributed by atoms with van der Waals surface area (Å²) in [6.07, 6.45) is 0.908. The molecular formula is C17H20N2O4S. The van der Waals surface area contributed by atoms with Crippen LogP contribution in [0.1, 0.15) is 40.2 Å². The van der Waals surface area contributed by atoms with Crippen LogP contribution in [-0.4, -0.2) is 21.4 Å². The van der Waals surface area contributed by atoms with E-state index < -0.39 is 10.0 Å². The highest BCUT2D eigenvalue weighted by molar-refractivity contribution is 7.89. The molecule has 0 radical (unpaired) electrons. The van der Waals surface area contributed by atoms with Crippen molar-refractivity contribution in [3.8, 4) is 0 Å². The smallest absolute Gasteiger partial charge is 0.273 e. The molecule has 2 aromatic rings. The van der Waals surface area contributed by atoms with Crippen molar-refractivity contribution in [2.45, 2.75) is 31.4 Å². The number of aryl methyl sites for hydroxylation is 1. The predicted octanol–water partition coefficient (Wildman–Crippen LogP) is 2.16. The molecule has 1 amide bonds. The van der Waals surface area contributed by atoms with Crippen molar-refractivity contribution in [1.82, 2.24) is 10.0 Å². The molecule has 0 saturated carbocycles. The third-order valence-electron chi connectivity index (χ3n) is 4.46. The molecule has 1 heterocycles. The molecule has 0 fully saturated rings. The summed E-state index contributed by atoms with van der Waals surface area (Å²) < 4.78 is 31.0. The van der Waals surface area contributed by atoms with Crippen molar-refractivity contribution in [2.75, 3.05) is 7.05 Å². The summed E-state index contributed by atoms with van der Waals surface area (Å²) in [7, 11) is -2.42. The van der Waals surface area contributed by atoms with E-state index in [2.05, 4.69) is 23.0 Å². The van der Waals surface area contributed by atoms with Crippen LogP contribution in [0.3, 0.4) is 0 Å². The second-order valence-corrected chi connectivity index (χ2v) is 7.89. The first-order valence-electron chi connectivity index (χ1n) is 7.76. The van der Waals surface area contributed by atoms with Gasteiger partial charge >= 0.3 is 0 Å². The molecule has 3 rings (SSSR count). The van der Waals surface area contributed by atoms with E-state index in [1.807, 2.05) is 18.2 Å². The number of carbonyl (C=O) groups is 1. The fraction of sp³-hybridized carbons (Fsp3) is 0.353. The van der Waals surface area contributed by atoms with Gasteiger partial charge in [-0.1, -0.05) is 31.2 Å². The zero-order valence-electron chi connectivity index (χ0n) is 13.8. The van der Waals surface area contributed by atoms with Crippen LogP contribution >= 0.6 is 0 Å². The van der Waals surface area contributed by atoms with E-state index in [1.165, 1.54) is 18.7 Å². The number of hydrogen-bond acceptors (Lipinski definition) is 4. The van der Waals surface area contributed by atoms with Crippen molar-refractivity contribution in [3.63, 3.8) is 0 Å². The number of benzene rings is 1. The molecule has 0 spiro atoms. The highest BCUT2D eigenvalue weighted by atomic mass is 32.2. The van der Waals surface area contributed by atoms with E-state index in [0.717, 1.165) is 12.0 Å². The van der Waals surface area contributed by atoms with Gasteiger partial charge in [0.15, 0.2) is 0 Å². The molecule has 0 aliphatic heterocycles. The minimum Gasteiger partial charge on any atom is -0.448 e. The Morgan fingerprint density at radius 1 is 1.29 bits per heavy atom. The third kappa shape index (κ3) is 2.85. The van der Waals surface area contributed by atoms with Gasteiger partial charge in [-0.05, 0) is 37.4 Å². The summed E-state index contributed by atoms with van der Waals surface area (Å²) in [4.78, 5) is 12.6. The van der Waals surface area contributed by atoms with Gasteiger partial charge in [-0.2, -0.15) is 0 Å². The van der Waals surface area contributed by atoms with Crippen molar-refractivity contribution in [2.24, 2.45) is 5.92 Å². The molecule has 0 saturated heterocycles. The maximum Gasteiger partial charge on any atom is 0.273 e. The summed E-state index contributed by atoms with van der Waals surface area (Å²) in [6, 6.07) is 9.21. The number of hydrogen-bond donors (Lipinski definition) is 2. The minimum absolute atomic E-state index is 0.0904. The number of nitrogens with one attached hydrogen (secondary N) is 2. The van der Waals surface area contributed by atoms with Crippen LogP contribution in [0.5, 0.6) is 0 Å². The van der Waals surface area contributed by atoms with Gasteiger partial charge < -0.3 is 9.73 Å². The van der Waals surface area contributed by atoms with Gasteiger partial charge in [0.05, 0.1) is 11.6 Å². The van der Waals surface area contributed by atoms with Gasteiger partial charge in [-0.3, -0.25) is 4.79 Å². The minimum atomic E-state index is -3.72. The predicted molar refractivity (Wildman–Crippen MR) is 89.2 cm³/mol. The Bertz CT molecular complexity index is 886. The first-order chi connectivity index (χ1) is 11.3. The number of amides is 1. The van der Waals surface area contributed by atoms with E-state index in [0.29, 0.717) is 0 Å². The van der Waals surface area contributed by atoms with Crippen LogP contribution in [0.25, 0.3) is 0 Å². The quantitative estimate of drug-likeness (QED) is 0.886. The maximum atomic E-state index is 12.6. The van der Waals surface area contributed by atoms with Crippen LogP contribution in [0, 0.1) is 12.8 Å². The Balaban J connectivity index is 1.86. The van der Waals surface area contributed by atoms with Gasteiger partial charge in [0, 0.05) is 6.07 Å². The summed E-state index contributed by atoms with van der Waals surface area (Å²) in [5.41, 5.74) is 2.58. The number of fused-ring (bicyclic) bond motifs is 1. The van der Waals surface area contributed by atoms with Crippen LogP contribution < -0.4 is 10.0 Å². The van der Waals surface area contributed by atoms with E-state index in [4.69, 9.17) is 4.42 Å². The van der Waals surface area contributed by atoms with Crippen molar-refractivity contribution >= 4 is 15.9 Å². The lowest BCUT2D eigenvalue weighted by Gasteiger charge is -2.18. The lowest BCUT2D eigenvalue weighted by molar-refractivity contribution is 0.0925. The van der Waals surface area contributed by atoms with Crippen LogP contribution in [0.4, 0.5) is 0 Å². The standard InChI is InChI=1S/C17H20N2O4S/c1-10-8-12-6-4-5-7-13(12)16(10)19-17(20)14-9-15(23-11(14)2)24(21,22)18-3/h4-7,9-10,16,18H,8H2,1-3H3,(H,19,20)/t10-,16-/m0/s1. The van der Waals surface area contributed by atoms with Crippen LogP contribution in [0.15, 0.2) is 39.8 Å². The number of sulfonamides is 1. The average Bonchev–Trinajstić information content (AvgIpc) is 3.09. The van der Waals surface area contributed by atoms with E-state index in [9.17, 15) is 13.2 Å². The topological polar surface area (TPSA) is 88.4 Å². The lowest BCUT2D eigenvalue weighted by Crippen LogP contribution is -2.30. The Labute approximate surface area is 141 Å². The molecule has 2 atom stereocenters. The fourth-order valence-electron chi connectivity index (χ4n) is 3.15. The van der Waals surface area contributed by atoms with Crippen molar-refractivity contribution < 1.29 is 17.6 Å². The monoisotopic (exact) mass is 348 g/mol. The zero-order chi connectivity index (χ0) is 17.5. The average molecular weight is 348 g/mol. The van der Waals surface area contributed by atoms with Gasteiger partial charge in [0.25, 0.3) is 15.9 Å². The van der Waals surface area contributed by atoms with Gasteiger partial charge in [0.2, 0.25) is 5.09 Å². The Morgan fingerprint density at radius 2 is 2.00 bits per heavy atom. The summed E-state index contributed by atoms with van der Waals surface area (Å²) in [6.45, 7) is 3.67. The molecule has 0 bridgehead atoms. The normalized spacial score (nSPS) is 20.0. The van der Waals surface area contributed by atoms with Gasteiger partial charge in [-0.15, -0.1) is 0 Å². The largest absolute Gasteiger partial charge is 0.448 e. The van der Waals surface area contributed by atoms with Crippen molar-refractivity contribution in [1.29, 1.82) is 0 Å². The molecule has 2 N–H and O–H groups in total. The highest BCUT2D eigenvalue weighted by Crippen LogP contribution is 2.36. The maximum absolute atomic E-state index is 12.6. The Kier molecular flexibility index (Phi) is 4.23. The third-order valence-corrected chi connectivity index (χ3v) is 5.73. The SMILES string of the molecule is CNS(=O)(=O)c1cc(C(=O)N[C@@H]2c3ccccc3C[C@@H]2C)c(C)o1. The van der Waals surface area contributed by atoms with E-state index >= 15 is 0 Å². The van der Waals surface area contributed by atoms with E-state index in [-0.39, 0.29) is 34.3 Å². The molecule has 0 unspecified atom stereocenters. The van der Waals surface area contributed by atoms with Gasteiger partial charge in [0.1, 0.15) is 5.76 Å². The summed E-state index contributed by atoms with van der Waals surface area (Å²) >= 11 is 0. The number of furan rings is 1. The Hall–Kier alpha value is -2.12. The zero-order valence-corrected chi connectivity index (χ0v) is 14.6. The molecule has 1 aliphatic rings. The Morgan fingerprint density at radius 3 is 2.71 bits per heavy atom. The molecular weight excluding hydrogens is 328 g/mol. The first-order valence-corrected chi connectivity index (χ1v) is 9.24. The molecule has 24 heavy (non-hydrogen) atoms. The van der Waals surface area contributed by atoms with E-state index in [1.54, 1.807) is 6.92 Å². The second-order valence-electron chi connectivity index (χ2n) is 6.07. The second kappa shape index (κ2) is 6.07. The van der Waals surface area contributed by atoms with Gasteiger partial charge in [-0.25, -0.2) is 13.1 Å². The molecule has 7 heteroatoms. The van der Waals surface area contributed by atoms with Crippen molar-refractivity contribution in [3.05, 3.63) is 52.8 Å². The summed E-state index contributed by atoms with van der Waals surface area (Å²) in [5, 5.41) is 2.75. The van der Waals surface area contributed by atoms with Crippen LogP contribution in [0.2, 0.25) is 0 Å².